The first-order valence-corrected chi connectivity index (χ1v) is 13.2. The van der Waals surface area contributed by atoms with Crippen LogP contribution in [0.3, 0.4) is 0 Å². The summed E-state index contributed by atoms with van der Waals surface area (Å²) in [5.74, 6) is -1.98. The van der Waals surface area contributed by atoms with Gasteiger partial charge in [0.2, 0.25) is 0 Å². The maximum absolute atomic E-state index is 13.4. The van der Waals surface area contributed by atoms with Crippen LogP contribution < -0.4 is 9.64 Å². The Balaban J connectivity index is 1.88. The topological polar surface area (TPSA) is 106 Å². The highest BCUT2D eigenvalue weighted by Gasteiger charge is 2.48. The molecule has 38 heavy (non-hydrogen) atoms. The molecule has 2 heterocycles. The van der Waals surface area contributed by atoms with Crippen molar-refractivity contribution >= 4 is 51.5 Å². The molecule has 1 fully saturated rings. The number of amides is 1. The number of nitrogens with zero attached hydrogens (tertiary/aromatic N) is 2. The molecule has 1 aliphatic rings. The highest BCUT2D eigenvalue weighted by Crippen LogP contribution is 2.44. The Hall–Kier alpha value is -3.69. The van der Waals surface area contributed by atoms with Crippen molar-refractivity contribution in [2.45, 2.75) is 46.8 Å². The van der Waals surface area contributed by atoms with Crippen LogP contribution in [0, 0.1) is 13.8 Å². The van der Waals surface area contributed by atoms with Gasteiger partial charge in [0.05, 0.1) is 30.0 Å². The standard InChI is InChI=1S/C28H27ClN2O6S/c1-6-36-27(35)25-16(5)30-28(38-25)31-22(17-7-10-19(29)11-8-17)21(24(33)26(31)34)23(32)18-9-12-20(15(4)13-18)37-14(2)3/h7-14,22,32H,6H2,1-5H3/t22-/m0/s1. The van der Waals surface area contributed by atoms with E-state index in [1.54, 1.807) is 56.3 Å². The quantitative estimate of drug-likeness (QED) is 0.165. The van der Waals surface area contributed by atoms with Crippen LogP contribution in [0.15, 0.2) is 48.0 Å². The van der Waals surface area contributed by atoms with E-state index in [9.17, 15) is 19.5 Å². The number of thiazole rings is 1. The van der Waals surface area contributed by atoms with Gasteiger partial charge in [-0.15, -0.1) is 0 Å². The predicted octanol–water partition coefficient (Wildman–Crippen LogP) is 6.00. The van der Waals surface area contributed by atoms with Crippen LogP contribution in [-0.4, -0.2) is 40.5 Å². The summed E-state index contributed by atoms with van der Waals surface area (Å²) in [6.07, 6.45) is -0.0374. The maximum atomic E-state index is 13.4. The molecule has 0 aliphatic carbocycles. The minimum absolute atomic E-state index is 0.0374. The zero-order valence-electron chi connectivity index (χ0n) is 21.6. The van der Waals surface area contributed by atoms with Gasteiger partial charge in [-0.3, -0.25) is 14.5 Å². The Morgan fingerprint density at radius 2 is 1.84 bits per heavy atom. The number of ether oxygens (including phenoxy) is 2. The summed E-state index contributed by atoms with van der Waals surface area (Å²) in [6.45, 7) is 9.16. The Morgan fingerprint density at radius 1 is 1.16 bits per heavy atom. The van der Waals surface area contributed by atoms with Crippen LogP contribution in [-0.2, 0) is 14.3 Å². The van der Waals surface area contributed by atoms with E-state index in [1.807, 2.05) is 20.8 Å². The lowest BCUT2D eigenvalue weighted by Crippen LogP contribution is -2.29. The van der Waals surface area contributed by atoms with Gasteiger partial charge >= 0.3 is 11.9 Å². The fourth-order valence-corrected chi connectivity index (χ4v) is 5.31. The van der Waals surface area contributed by atoms with Gasteiger partial charge in [0, 0.05) is 10.6 Å². The molecule has 1 atom stereocenters. The smallest absolute Gasteiger partial charge is 0.350 e. The van der Waals surface area contributed by atoms with E-state index in [2.05, 4.69) is 4.98 Å². The number of esters is 1. The van der Waals surface area contributed by atoms with Gasteiger partial charge in [0.25, 0.3) is 5.78 Å². The number of hydrogen-bond donors (Lipinski definition) is 1. The molecular formula is C28H27ClN2O6S. The third-order valence-corrected chi connectivity index (χ3v) is 7.28. The van der Waals surface area contributed by atoms with Crippen LogP contribution in [0.2, 0.25) is 5.02 Å². The SMILES string of the molecule is CCOC(=O)c1sc(N2C(=O)C(=O)C(=C(O)c3ccc(OC(C)C)c(C)c3)[C@@H]2c2ccc(Cl)cc2)nc1C. The second-order valence-corrected chi connectivity index (χ2v) is 10.4. The summed E-state index contributed by atoms with van der Waals surface area (Å²) >= 11 is 7.05. The number of aliphatic hydroxyl groups excluding tert-OH is 1. The fraction of sp³-hybridized carbons (Fsp3) is 0.286. The number of carbonyl (C=O) groups excluding carboxylic acids is 3. The van der Waals surface area contributed by atoms with E-state index < -0.39 is 23.7 Å². The van der Waals surface area contributed by atoms with Gasteiger partial charge in [-0.1, -0.05) is 35.1 Å². The van der Waals surface area contributed by atoms with E-state index in [0.29, 0.717) is 27.6 Å². The first-order valence-electron chi connectivity index (χ1n) is 12.0. The molecule has 0 bridgehead atoms. The Bertz CT molecular complexity index is 1440. The van der Waals surface area contributed by atoms with Crippen molar-refractivity contribution in [3.8, 4) is 5.75 Å². The first kappa shape index (κ1) is 27.3. The summed E-state index contributed by atoms with van der Waals surface area (Å²) in [7, 11) is 0. The number of hydrogen-bond acceptors (Lipinski definition) is 8. The minimum atomic E-state index is -1.00. The summed E-state index contributed by atoms with van der Waals surface area (Å²) in [6, 6.07) is 10.7. The molecule has 4 rings (SSSR count). The van der Waals surface area contributed by atoms with E-state index in [0.717, 1.165) is 16.9 Å². The van der Waals surface area contributed by atoms with E-state index in [4.69, 9.17) is 21.1 Å². The number of halogens is 1. The summed E-state index contributed by atoms with van der Waals surface area (Å²) in [4.78, 5) is 45.1. The zero-order valence-corrected chi connectivity index (χ0v) is 23.1. The second-order valence-electron chi connectivity index (χ2n) is 9.00. The number of aromatic nitrogens is 1. The van der Waals surface area contributed by atoms with Gasteiger partial charge in [-0.2, -0.15) is 0 Å². The Morgan fingerprint density at radius 3 is 2.45 bits per heavy atom. The van der Waals surface area contributed by atoms with Crippen molar-refractivity contribution in [3.05, 3.63) is 80.3 Å². The van der Waals surface area contributed by atoms with Crippen LogP contribution in [0.1, 0.15) is 58.9 Å². The molecule has 1 aromatic heterocycles. The fourth-order valence-electron chi connectivity index (χ4n) is 4.20. The van der Waals surface area contributed by atoms with Crippen molar-refractivity contribution < 1.29 is 29.0 Å². The Labute approximate surface area is 229 Å². The lowest BCUT2D eigenvalue weighted by atomic mass is 9.95. The largest absolute Gasteiger partial charge is 0.507 e. The van der Waals surface area contributed by atoms with Crippen molar-refractivity contribution in [2.24, 2.45) is 0 Å². The summed E-state index contributed by atoms with van der Waals surface area (Å²) in [5, 5.41) is 12.0. The minimum Gasteiger partial charge on any atom is -0.507 e. The first-order chi connectivity index (χ1) is 18.0. The number of benzene rings is 2. The number of anilines is 1. The molecule has 1 saturated heterocycles. The zero-order chi connectivity index (χ0) is 27.7. The molecule has 0 radical (unpaired) electrons. The predicted molar refractivity (Wildman–Crippen MR) is 146 cm³/mol. The molecule has 0 saturated carbocycles. The third kappa shape index (κ3) is 5.16. The number of rotatable bonds is 7. The molecular weight excluding hydrogens is 528 g/mol. The van der Waals surface area contributed by atoms with E-state index in [1.165, 1.54) is 4.90 Å². The van der Waals surface area contributed by atoms with Crippen molar-refractivity contribution in [2.75, 3.05) is 11.5 Å². The molecule has 198 valence electrons. The molecule has 2 aromatic carbocycles. The molecule has 1 amide bonds. The van der Waals surface area contributed by atoms with Crippen molar-refractivity contribution in [1.82, 2.24) is 4.98 Å². The van der Waals surface area contributed by atoms with Crippen LogP contribution in [0.25, 0.3) is 5.76 Å². The number of Topliss-reactive ketones (excluding diaryl/α,β-unsaturated/α-hetero) is 1. The Kier molecular flexibility index (Phi) is 7.89. The van der Waals surface area contributed by atoms with Gasteiger partial charge < -0.3 is 14.6 Å². The molecule has 1 aliphatic heterocycles. The highest BCUT2D eigenvalue weighted by molar-refractivity contribution is 7.17. The molecule has 0 unspecified atom stereocenters. The van der Waals surface area contributed by atoms with Gasteiger partial charge in [0.15, 0.2) is 5.13 Å². The van der Waals surface area contributed by atoms with Crippen LogP contribution >= 0.6 is 22.9 Å². The van der Waals surface area contributed by atoms with Crippen molar-refractivity contribution in [3.63, 3.8) is 0 Å². The van der Waals surface area contributed by atoms with E-state index >= 15 is 0 Å². The molecule has 10 heteroatoms. The number of carbonyl (C=O) groups is 3. The summed E-state index contributed by atoms with van der Waals surface area (Å²) in [5.41, 5.74) is 1.93. The molecule has 1 N–H and O–H groups in total. The van der Waals surface area contributed by atoms with Crippen LogP contribution in [0.5, 0.6) is 5.75 Å². The lowest BCUT2D eigenvalue weighted by Gasteiger charge is -2.23. The lowest BCUT2D eigenvalue weighted by molar-refractivity contribution is -0.132. The molecule has 0 spiro atoms. The number of aliphatic hydroxyl groups is 1. The van der Waals surface area contributed by atoms with Gasteiger partial charge in [-0.05, 0) is 76.1 Å². The highest BCUT2D eigenvalue weighted by atomic mass is 35.5. The monoisotopic (exact) mass is 554 g/mol. The second kappa shape index (κ2) is 11.0. The molecule has 8 nitrogen and oxygen atoms in total. The van der Waals surface area contributed by atoms with Gasteiger partial charge in [0.1, 0.15) is 16.4 Å². The van der Waals surface area contributed by atoms with Crippen molar-refractivity contribution in [1.29, 1.82) is 0 Å². The average Bonchev–Trinajstić information content (AvgIpc) is 3.37. The van der Waals surface area contributed by atoms with Crippen LogP contribution in [0.4, 0.5) is 5.13 Å². The summed E-state index contributed by atoms with van der Waals surface area (Å²) < 4.78 is 10.9. The number of ketones is 1. The van der Waals surface area contributed by atoms with E-state index in [-0.39, 0.29) is 34.1 Å². The molecule has 3 aromatic rings. The maximum Gasteiger partial charge on any atom is 0.350 e. The van der Waals surface area contributed by atoms with Gasteiger partial charge in [-0.25, -0.2) is 9.78 Å². The number of aryl methyl sites for hydroxylation is 2. The normalized spacial score (nSPS) is 16.8. The third-order valence-electron chi connectivity index (χ3n) is 5.89. The average molecular weight is 555 g/mol.